The third-order valence-electron chi connectivity index (χ3n) is 5.23. The third-order valence-corrected chi connectivity index (χ3v) is 8.34. The maximum Gasteiger partial charge on any atom is 0.432 e. The van der Waals surface area contributed by atoms with Gasteiger partial charge >= 0.3 is 23.4 Å². The Labute approximate surface area is 248 Å². The summed E-state index contributed by atoms with van der Waals surface area (Å²) in [6.07, 6.45) is -11.7. The molecule has 0 aliphatic rings. The molecule has 0 saturated heterocycles. The van der Waals surface area contributed by atoms with Gasteiger partial charge in [0, 0.05) is 12.0 Å². The summed E-state index contributed by atoms with van der Waals surface area (Å²) < 4.78 is 102. The number of halogens is 5. The van der Waals surface area contributed by atoms with Crippen molar-refractivity contribution >= 4 is 33.0 Å². The molecule has 3 aromatic carbocycles. The lowest BCUT2D eigenvalue weighted by atomic mass is 10.3. The van der Waals surface area contributed by atoms with Crippen LogP contribution in [0.3, 0.4) is 0 Å². The molecule has 232 valence electrons. The first-order valence-electron chi connectivity index (χ1n) is 12.4. The molecule has 0 saturated carbocycles. The van der Waals surface area contributed by atoms with Crippen molar-refractivity contribution < 1.29 is 54.0 Å². The zero-order valence-electron chi connectivity index (χ0n) is 22.6. The summed E-state index contributed by atoms with van der Waals surface area (Å²) in [7, 11) is -6.75. The predicted octanol–water partition coefficient (Wildman–Crippen LogP) is 6.28. The second-order valence-corrected chi connectivity index (χ2v) is 12.2. The van der Waals surface area contributed by atoms with Gasteiger partial charge in [0.1, 0.15) is 0 Å². The van der Waals surface area contributed by atoms with Crippen molar-refractivity contribution in [3.05, 3.63) is 103 Å². The first-order chi connectivity index (χ1) is 20.1. The van der Waals surface area contributed by atoms with Crippen molar-refractivity contribution in [2.45, 2.75) is 52.0 Å². The van der Waals surface area contributed by atoms with E-state index >= 15 is 0 Å². The van der Waals surface area contributed by atoms with E-state index in [9.17, 15) is 44.5 Å². The van der Waals surface area contributed by atoms with E-state index in [0.717, 1.165) is 0 Å². The molecule has 0 amide bonds. The molecule has 0 aromatic heterocycles. The Kier molecular flexibility index (Phi) is 12.9. The normalized spacial score (nSPS) is 12.5. The van der Waals surface area contributed by atoms with Crippen LogP contribution in [0.4, 0.5) is 22.0 Å². The highest BCUT2D eigenvalue weighted by Crippen LogP contribution is 2.38. The summed E-state index contributed by atoms with van der Waals surface area (Å²) >= 11 is 0. The van der Waals surface area contributed by atoms with E-state index in [1.807, 2.05) is 0 Å². The highest BCUT2D eigenvalue weighted by molar-refractivity contribution is 7.97. The van der Waals surface area contributed by atoms with Gasteiger partial charge in [-0.3, -0.25) is 4.79 Å². The first kappa shape index (κ1) is 35.4. The number of hydrogen-bond donors (Lipinski definition) is 0. The number of benzene rings is 3. The summed E-state index contributed by atoms with van der Waals surface area (Å²) in [5.74, 6) is -2.70. The Morgan fingerprint density at radius 2 is 1.23 bits per heavy atom. The lowest BCUT2D eigenvalue weighted by Gasteiger charge is -2.29. The molecule has 0 aliphatic heterocycles. The smallest absolute Gasteiger partial charge is 0.432 e. The van der Waals surface area contributed by atoms with Crippen LogP contribution < -0.4 is 0 Å². The highest BCUT2D eigenvalue weighted by Gasteiger charge is 2.62. The second-order valence-electron chi connectivity index (χ2n) is 8.69. The van der Waals surface area contributed by atoms with E-state index in [0.29, 0.717) is 0 Å². The predicted molar refractivity (Wildman–Crippen MR) is 147 cm³/mol. The summed E-state index contributed by atoms with van der Waals surface area (Å²) in [4.78, 5) is 26.2. The molecule has 1 unspecified atom stereocenters. The van der Waals surface area contributed by atoms with Gasteiger partial charge in [-0.05, 0) is 49.7 Å². The number of carbonyl (C=O) groups excluding carboxylic acids is 2. The zero-order valence-corrected chi connectivity index (χ0v) is 24.3. The second kappa shape index (κ2) is 15.6. The van der Waals surface area contributed by atoms with Crippen molar-refractivity contribution in [3.8, 4) is 0 Å². The fourth-order valence-electron chi connectivity index (χ4n) is 3.23. The molecule has 0 aliphatic carbocycles. The molecule has 1 atom stereocenters. The van der Waals surface area contributed by atoms with Crippen LogP contribution in [0.1, 0.15) is 19.8 Å². The molecule has 0 spiro atoms. The van der Waals surface area contributed by atoms with Crippen LogP contribution in [-0.4, -0.2) is 49.1 Å². The fourth-order valence-corrected chi connectivity index (χ4v) is 5.78. The topological polar surface area (TPSA) is 110 Å². The zero-order chi connectivity index (χ0) is 32.3. The summed E-state index contributed by atoms with van der Waals surface area (Å²) in [5.41, 5.74) is 0.00927. The van der Waals surface area contributed by atoms with Gasteiger partial charge in [-0.1, -0.05) is 61.2 Å². The lowest BCUT2D eigenvalue weighted by Crippen LogP contribution is -2.52. The fraction of sp³-hybridized carbons (Fsp3) is 0.241. The molecule has 0 heterocycles. The van der Waals surface area contributed by atoms with Crippen LogP contribution in [0.2, 0.25) is 0 Å². The summed E-state index contributed by atoms with van der Waals surface area (Å²) in [6, 6.07) is 32.2. The maximum atomic E-state index is 13.1. The number of alkyl halides is 5. The number of carbonyl (C=O) groups is 2. The van der Waals surface area contributed by atoms with Crippen molar-refractivity contribution in [2.24, 2.45) is 0 Å². The van der Waals surface area contributed by atoms with Crippen molar-refractivity contribution in [2.75, 3.05) is 6.61 Å². The molecule has 0 bridgehead atoms. The highest BCUT2D eigenvalue weighted by atomic mass is 32.2. The Bertz CT molecular complexity index is 1360. The Morgan fingerprint density at radius 3 is 1.56 bits per heavy atom. The van der Waals surface area contributed by atoms with E-state index in [-0.39, 0.29) is 16.5 Å². The van der Waals surface area contributed by atoms with Crippen LogP contribution in [0.15, 0.2) is 118 Å². The van der Waals surface area contributed by atoms with E-state index in [1.54, 1.807) is 0 Å². The minimum atomic E-state index is -6.74. The summed E-state index contributed by atoms with van der Waals surface area (Å²) in [6.45, 7) is 4.08. The minimum absolute atomic E-state index is 0.00927. The Balaban J connectivity index is 0.000000306. The van der Waals surface area contributed by atoms with Gasteiger partial charge in [-0.15, -0.1) is 0 Å². The van der Waals surface area contributed by atoms with Gasteiger partial charge in [0.2, 0.25) is 0 Å². The Morgan fingerprint density at radius 1 is 0.837 bits per heavy atom. The minimum Gasteiger partial charge on any atom is -0.743 e. The Hall–Kier alpha value is -3.75. The number of esters is 2. The monoisotopic (exact) mass is 646 g/mol. The molecule has 0 N–H and O–H groups in total. The largest absolute Gasteiger partial charge is 0.743 e. The molecule has 0 fully saturated rings. The number of ether oxygens (including phenoxy) is 2. The number of hydrogen-bond acceptors (Lipinski definition) is 7. The van der Waals surface area contributed by atoms with Crippen LogP contribution in [-0.2, 0) is 40.1 Å². The van der Waals surface area contributed by atoms with E-state index in [2.05, 4.69) is 107 Å². The molecule has 0 radical (unpaired) electrons. The van der Waals surface area contributed by atoms with Crippen molar-refractivity contribution in [1.82, 2.24) is 0 Å². The van der Waals surface area contributed by atoms with Gasteiger partial charge in [0.25, 0.3) is 6.10 Å². The van der Waals surface area contributed by atoms with E-state index in [1.165, 1.54) is 21.6 Å². The van der Waals surface area contributed by atoms with Gasteiger partial charge < -0.3 is 14.0 Å². The van der Waals surface area contributed by atoms with Gasteiger partial charge in [-0.2, -0.15) is 22.0 Å². The first-order valence-corrected chi connectivity index (χ1v) is 15.0. The average molecular weight is 647 g/mol. The van der Waals surface area contributed by atoms with Gasteiger partial charge in [0.15, 0.2) is 24.8 Å². The van der Waals surface area contributed by atoms with Crippen LogP contribution in [0.5, 0.6) is 0 Å². The van der Waals surface area contributed by atoms with Gasteiger partial charge in [0.05, 0.1) is 17.5 Å². The SMILES string of the molecule is C=C(C)C(=O)OCCCC(=O)OC(C(F)(F)F)C(F)(F)S(=O)(=O)[O-].c1ccc([S+](c2ccccc2)c2ccccc2)cc1. The lowest BCUT2D eigenvalue weighted by molar-refractivity contribution is -0.259. The quantitative estimate of drug-likeness (QED) is 0.0603. The van der Waals surface area contributed by atoms with Gasteiger partial charge in [-0.25, -0.2) is 13.2 Å². The third kappa shape index (κ3) is 10.8. The summed E-state index contributed by atoms with van der Waals surface area (Å²) in [5, 5.41) is -5.90. The van der Waals surface area contributed by atoms with Crippen molar-refractivity contribution in [3.63, 3.8) is 0 Å². The van der Waals surface area contributed by atoms with Crippen LogP contribution >= 0.6 is 0 Å². The van der Waals surface area contributed by atoms with Crippen LogP contribution in [0, 0.1) is 0 Å². The molecule has 14 heteroatoms. The van der Waals surface area contributed by atoms with Crippen LogP contribution in [0.25, 0.3) is 0 Å². The molecule has 3 aromatic rings. The van der Waals surface area contributed by atoms with Crippen molar-refractivity contribution in [1.29, 1.82) is 0 Å². The maximum absolute atomic E-state index is 13.1. The number of rotatable bonds is 11. The molecular formula is C29H27F5O7S2. The van der Waals surface area contributed by atoms with E-state index < -0.39 is 59.0 Å². The molecular weight excluding hydrogens is 619 g/mol. The average Bonchev–Trinajstić information content (AvgIpc) is 2.95. The molecule has 43 heavy (non-hydrogen) atoms. The molecule has 7 nitrogen and oxygen atoms in total. The molecule has 3 rings (SSSR count). The van der Waals surface area contributed by atoms with E-state index in [4.69, 9.17) is 0 Å². The standard InChI is InChI=1S/C18H15S.C11H13F5O7S/c1-4-10-16(11-5-1)19(17-12-6-2-7-13-17)18-14-8-3-9-15-18;1-6(2)8(18)22-5-3-4-7(17)23-9(10(12,13)14)11(15,16)24(19,20)21/h1-15H;9H,1,3-5H2,2H3,(H,19,20,21)/q+1;/p-1.